The zero-order chi connectivity index (χ0) is 19.0. The van der Waals surface area contributed by atoms with Gasteiger partial charge in [0.1, 0.15) is 11.2 Å². The molecule has 138 valence electrons. The second-order valence-electron chi connectivity index (χ2n) is 6.65. The van der Waals surface area contributed by atoms with Gasteiger partial charge in [-0.3, -0.25) is 4.79 Å². The second-order valence-corrected chi connectivity index (χ2v) is 7.72. The first kappa shape index (κ1) is 17.8. The van der Waals surface area contributed by atoms with Crippen molar-refractivity contribution in [2.75, 3.05) is 5.75 Å². The molecule has 27 heavy (non-hydrogen) atoms. The van der Waals surface area contributed by atoms with Crippen LogP contribution in [0, 0.1) is 19.7 Å². The number of hydrogen-bond acceptors (Lipinski definition) is 3. The van der Waals surface area contributed by atoms with Crippen LogP contribution < -0.4 is 0 Å². The Morgan fingerprint density at radius 1 is 1.15 bits per heavy atom. The third-order valence-corrected chi connectivity index (χ3v) is 6.02. The van der Waals surface area contributed by atoms with E-state index in [9.17, 15) is 9.18 Å². The lowest BCUT2D eigenvalue weighted by Gasteiger charge is -2.24. The summed E-state index contributed by atoms with van der Waals surface area (Å²) in [6, 6.07) is 16.4. The van der Waals surface area contributed by atoms with E-state index in [0.29, 0.717) is 12.3 Å². The van der Waals surface area contributed by atoms with E-state index in [0.717, 1.165) is 28.2 Å². The van der Waals surface area contributed by atoms with E-state index in [1.165, 1.54) is 12.1 Å². The van der Waals surface area contributed by atoms with Crippen LogP contribution in [0.5, 0.6) is 0 Å². The Hall–Kier alpha value is -2.60. The van der Waals surface area contributed by atoms with Gasteiger partial charge in [0.2, 0.25) is 5.91 Å². The number of halogens is 1. The van der Waals surface area contributed by atoms with Crippen molar-refractivity contribution in [1.82, 2.24) is 14.7 Å². The summed E-state index contributed by atoms with van der Waals surface area (Å²) in [4.78, 5) is 14.4. The van der Waals surface area contributed by atoms with E-state index in [2.05, 4.69) is 0 Å². The lowest BCUT2D eigenvalue weighted by molar-refractivity contribution is -0.128. The highest BCUT2D eigenvalue weighted by molar-refractivity contribution is 8.00. The number of rotatable bonds is 4. The Labute approximate surface area is 162 Å². The number of para-hydroxylation sites is 1. The Morgan fingerprint density at radius 3 is 2.67 bits per heavy atom. The minimum atomic E-state index is -0.285. The van der Waals surface area contributed by atoms with Crippen molar-refractivity contribution in [1.29, 1.82) is 0 Å². The number of nitrogens with zero attached hydrogens (tertiary/aromatic N) is 3. The van der Waals surface area contributed by atoms with Crippen LogP contribution in [-0.2, 0) is 11.3 Å². The molecule has 0 radical (unpaired) electrons. The number of carbonyl (C=O) groups is 1. The molecule has 1 saturated heterocycles. The Balaban J connectivity index is 1.69. The zero-order valence-electron chi connectivity index (χ0n) is 15.2. The third-order valence-electron chi connectivity index (χ3n) is 4.81. The summed E-state index contributed by atoms with van der Waals surface area (Å²) >= 11 is 1.60. The number of aromatic nitrogens is 2. The fourth-order valence-electron chi connectivity index (χ4n) is 3.53. The molecule has 1 aliphatic heterocycles. The molecule has 2 aromatic carbocycles. The van der Waals surface area contributed by atoms with E-state index in [4.69, 9.17) is 5.10 Å². The Kier molecular flexibility index (Phi) is 4.74. The van der Waals surface area contributed by atoms with Crippen LogP contribution in [0.15, 0.2) is 54.6 Å². The molecule has 1 unspecified atom stereocenters. The van der Waals surface area contributed by atoms with Crippen LogP contribution in [0.3, 0.4) is 0 Å². The van der Waals surface area contributed by atoms with E-state index in [-0.39, 0.29) is 17.1 Å². The average molecular weight is 381 g/mol. The van der Waals surface area contributed by atoms with Gasteiger partial charge in [-0.05, 0) is 43.7 Å². The number of carbonyl (C=O) groups excluding carboxylic acids is 1. The van der Waals surface area contributed by atoms with Crippen LogP contribution in [-0.4, -0.2) is 26.3 Å². The smallest absolute Gasteiger partial charge is 0.234 e. The lowest BCUT2D eigenvalue weighted by atomic mass is 10.1. The van der Waals surface area contributed by atoms with E-state index in [1.54, 1.807) is 17.8 Å². The number of benzene rings is 2. The van der Waals surface area contributed by atoms with Crippen molar-refractivity contribution >= 4 is 17.7 Å². The molecule has 3 aromatic rings. The summed E-state index contributed by atoms with van der Waals surface area (Å²) in [5.74, 6) is 0.211. The standard InChI is InChI=1S/C21H20FN3OS/c1-14-20(15(2)25(23-14)18-9-4-3-5-10-18)21-24(19(26)13-27-21)12-16-7-6-8-17(22)11-16/h3-11,21H,12-13H2,1-2H3. The maximum atomic E-state index is 13.6. The molecule has 0 spiro atoms. The molecule has 0 aliphatic carbocycles. The minimum absolute atomic E-state index is 0.0699. The summed E-state index contributed by atoms with van der Waals surface area (Å²) in [5.41, 5.74) is 4.78. The predicted octanol–water partition coefficient (Wildman–Crippen LogP) is 4.40. The van der Waals surface area contributed by atoms with Gasteiger partial charge in [-0.1, -0.05) is 30.3 Å². The van der Waals surface area contributed by atoms with Gasteiger partial charge in [-0.25, -0.2) is 9.07 Å². The number of hydrogen-bond donors (Lipinski definition) is 0. The van der Waals surface area contributed by atoms with Crippen molar-refractivity contribution < 1.29 is 9.18 Å². The minimum Gasteiger partial charge on any atom is -0.321 e. The summed E-state index contributed by atoms with van der Waals surface area (Å²) in [5, 5.41) is 4.60. The van der Waals surface area contributed by atoms with Crippen molar-refractivity contribution in [2.24, 2.45) is 0 Å². The molecular formula is C21H20FN3OS. The number of thioether (sulfide) groups is 1. The van der Waals surface area contributed by atoms with Gasteiger partial charge in [0, 0.05) is 17.8 Å². The molecule has 2 heterocycles. The van der Waals surface area contributed by atoms with Crippen LogP contribution in [0.4, 0.5) is 4.39 Å². The molecule has 4 rings (SSSR count). The molecule has 4 nitrogen and oxygen atoms in total. The van der Waals surface area contributed by atoms with Gasteiger partial charge in [-0.2, -0.15) is 5.10 Å². The van der Waals surface area contributed by atoms with Gasteiger partial charge in [-0.15, -0.1) is 11.8 Å². The molecule has 1 aliphatic rings. The molecule has 1 aromatic heterocycles. The largest absolute Gasteiger partial charge is 0.321 e. The average Bonchev–Trinajstić information content (AvgIpc) is 3.15. The van der Waals surface area contributed by atoms with Crippen molar-refractivity contribution in [2.45, 2.75) is 25.8 Å². The monoisotopic (exact) mass is 381 g/mol. The van der Waals surface area contributed by atoms with Gasteiger partial charge < -0.3 is 4.90 Å². The molecule has 1 amide bonds. The molecule has 0 saturated carbocycles. The first-order chi connectivity index (χ1) is 13.0. The van der Waals surface area contributed by atoms with Crippen LogP contribution in [0.1, 0.15) is 27.9 Å². The van der Waals surface area contributed by atoms with Crippen LogP contribution in [0.2, 0.25) is 0 Å². The first-order valence-corrected chi connectivity index (χ1v) is 9.86. The number of amides is 1. The number of aryl methyl sites for hydroxylation is 1. The van der Waals surface area contributed by atoms with Gasteiger partial charge in [0.25, 0.3) is 0 Å². The topological polar surface area (TPSA) is 38.1 Å². The summed E-state index contributed by atoms with van der Waals surface area (Å²) in [6.45, 7) is 4.40. The Morgan fingerprint density at radius 2 is 1.93 bits per heavy atom. The SMILES string of the molecule is Cc1nn(-c2ccccc2)c(C)c1C1SCC(=O)N1Cc1cccc(F)c1. The molecular weight excluding hydrogens is 361 g/mol. The highest BCUT2D eigenvalue weighted by Crippen LogP contribution is 2.42. The third kappa shape index (κ3) is 3.37. The second kappa shape index (κ2) is 7.19. The molecule has 0 bridgehead atoms. The molecule has 6 heteroatoms. The fourth-order valence-corrected chi connectivity index (χ4v) is 4.87. The normalized spacial score (nSPS) is 16.9. The lowest BCUT2D eigenvalue weighted by Crippen LogP contribution is -2.28. The molecule has 1 fully saturated rings. The molecule has 1 atom stereocenters. The van der Waals surface area contributed by atoms with Crippen molar-refractivity contribution in [3.8, 4) is 5.69 Å². The maximum absolute atomic E-state index is 13.6. The summed E-state index contributed by atoms with van der Waals surface area (Å²) in [7, 11) is 0. The Bertz CT molecular complexity index is 986. The van der Waals surface area contributed by atoms with Gasteiger partial charge in [0.05, 0.1) is 17.1 Å². The van der Waals surface area contributed by atoms with Crippen LogP contribution in [0.25, 0.3) is 5.69 Å². The van der Waals surface area contributed by atoms with Crippen molar-refractivity contribution in [3.05, 3.63) is 82.9 Å². The maximum Gasteiger partial charge on any atom is 0.234 e. The fraction of sp³-hybridized carbons (Fsp3) is 0.238. The zero-order valence-corrected chi connectivity index (χ0v) is 16.0. The highest BCUT2D eigenvalue weighted by Gasteiger charge is 2.36. The highest BCUT2D eigenvalue weighted by atomic mass is 32.2. The quantitative estimate of drug-likeness (QED) is 0.672. The van der Waals surface area contributed by atoms with E-state index < -0.39 is 0 Å². The van der Waals surface area contributed by atoms with Crippen LogP contribution >= 0.6 is 11.8 Å². The summed E-state index contributed by atoms with van der Waals surface area (Å²) in [6.07, 6.45) is 0. The predicted molar refractivity (Wildman–Crippen MR) is 105 cm³/mol. The van der Waals surface area contributed by atoms with Gasteiger partial charge >= 0.3 is 0 Å². The van der Waals surface area contributed by atoms with Gasteiger partial charge in [0.15, 0.2) is 0 Å². The first-order valence-electron chi connectivity index (χ1n) is 8.81. The summed E-state index contributed by atoms with van der Waals surface area (Å²) < 4.78 is 15.5. The van der Waals surface area contributed by atoms with E-state index in [1.807, 2.05) is 59.8 Å². The van der Waals surface area contributed by atoms with Crippen molar-refractivity contribution in [3.63, 3.8) is 0 Å². The van der Waals surface area contributed by atoms with E-state index >= 15 is 0 Å². The molecule has 0 N–H and O–H groups in total.